The molecule has 0 bridgehead atoms. The molecule has 0 unspecified atom stereocenters. The van der Waals surface area contributed by atoms with Crippen molar-refractivity contribution in [3.63, 3.8) is 0 Å². The molecule has 0 radical (unpaired) electrons. The van der Waals surface area contributed by atoms with Crippen LogP contribution in [0, 0.1) is 0 Å². The van der Waals surface area contributed by atoms with Crippen molar-refractivity contribution in [1.82, 2.24) is 24.1 Å². The molecule has 0 spiro atoms. The lowest BCUT2D eigenvalue weighted by atomic mass is 10.0. The molecule has 0 fully saturated rings. The number of pyridine rings is 1. The van der Waals surface area contributed by atoms with Gasteiger partial charge in [-0.2, -0.15) is 9.97 Å². The van der Waals surface area contributed by atoms with Gasteiger partial charge in [-0.05, 0) is 35.7 Å². The van der Waals surface area contributed by atoms with Crippen LogP contribution in [0.5, 0.6) is 0 Å². The van der Waals surface area contributed by atoms with Gasteiger partial charge in [0.05, 0.1) is 21.9 Å². The van der Waals surface area contributed by atoms with Gasteiger partial charge < -0.3 is 0 Å². The van der Waals surface area contributed by atoms with Crippen LogP contribution in [-0.4, -0.2) is 24.1 Å². The molecule has 0 aliphatic rings. The Morgan fingerprint density at radius 2 is 0.913 bits per heavy atom. The van der Waals surface area contributed by atoms with Gasteiger partial charge in [-0.1, -0.05) is 121 Å². The summed E-state index contributed by atoms with van der Waals surface area (Å²) in [6.45, 7) is 0. The zero-order valence-corrected chi connectivity index (χ0v) is 24.6. The smallest absolute Gasteiger partial charge is 0.264 e. The summed E-state index contributed by atoms with van der Waals surface area (Å²) in [4.78, 5) is 29.7. The second kappa shape index (κ2) is 10.4. The highest BCUT2D eigenvalue weighted by Gasteiger charge is 2.22. The second-order valence-electron chi connectivity index (χ2n) is 11.2. The number of rotatable bonds is 4. The van der Waals surface area contributed by atoms with Gasteiger partial charge >= 0.3 is 0 Å². The average Bonchev–Trinajstić information content (AvgIpc) is 3.47. The molecular formula is C40H25N5O. The minimum atomic E-state index is -0.0704. The molecule has 216 valence electrons. The van der Waals surface area contributed by atoms with Gasteiger partial charge in [-0.3, -0.25) is 13.9 Å². The van der Waals surface area contributed by atoms with Gasteiger partial charge in [0.2, 0.25) is 5.95 Å². The molecule has 6 nitrogen and oxygen atoms in total. The van der Waals surface area contributed by atoms with Crippen molar-refractivity contribution in [2.45, 2.75) is 0 Å². The van der Waals surface area contributed by atoms with Gasteiger partial charge in [0, 0.05) is 33.0 Å². The molecule has 0 amide bonds. The molecule has 0 N–H and O–H groups in total. The molecule has 46 heavy (non-hydrogen) atoms. The number of nitrogens with zero attached hydrogens (tertiary/aromatic N) is 5. The Kier molecular flexibility index (Phi) is 5.86. The molecule has 3 aromatic heterocycles. The highest BCUT2D eigenvalue weighted by atomic mass is 16.1. The summed E-state index contributed by atoms with van der Waals surface area (Å²) in [6.07, 6.45) is 0. The van der Waals surface area contributed by atoms with Crippen LogP contribution in [0.2, 0.25) is 0 Å². The summed E-state index contributed by atoms with van der Waals surface area (Å²) in [6, 6.07) is 50.2. The number of hydrogen-bond donors (Lipinski definition) is 0. The van der Waals surface area contributed by atoms with E-state index in [9.17, 15) is 4.79 Å². The third-order valence-corrected chi connectivity index (χ3v) is 8.59. The largest absolute Gasteiger partial charge is 0.278 e. The number of hydrogen-bond acceptors (Lipinski definition) is 4. The summed E-state index contributed by atoms with van der Waals surface area (Å²) in [5, 5.41) is 4.41. The Hall–Kier alpha value is -6.40. The molecule has 0 aliphatic carbocycles. The topological polar surface area (TPSA) is 65.6 Å². The van der Waals surface area contributed by atoms with Gasteiger partial charge in [-0.15, -0.1) is 0 Å². The SMILES string of the molecule is O=c1c2c(ccc3c2c2ccccc2n3-c2nc(-c3ccccc3)nc(-c3ccccc3)n2)c2ccccc2n1-c1ccccc1. The standard InChI is InChI=1S/C40H25N5O/c46-39-36-30(29-20-10-12-22-32(29)44(39)28-18-8-3-9-19-28)24-25-34-35(36)31-21-11-13-23-33(31)45(34)40-42-37(26-14-4-1-5-15-26)41-38(43-40)27-16-6-2-7-17-27/h1-25H. The maximum Gasteiger partial charge on any atom is 0.264 e. The van der Waals surface area contributed by atoms with E-state index in [0.717, 1.165) is 54.9 Å². The van der Waals surface area contributed by atoms with Crippen LogP contribution in [-0.2, 0) is 0 Å². The fourth-order valence-corrected chi connectivity index (χ4v) is 6.57. The van der Waals surface area contributed by atoms with Gasteiger partial charge in [0.25, 0.3) is 5.56 Å². The quantitative estimate of drug-likeness (QED) is 0.192. The van der Waals surface area contributed by atoms with Crippen molar-refractivity contribution in [2.24, 2.45) is 0 Å². The Morgan fingerprint density at radius 3 is 1.54 bits per heavy atom. The first-order chi connectivity index (χ1) is 22.8. The zero-order chi connectivity index (χ0) is 30.6. The molecule has 6 heteroatoms. The molecule has 9 rings (SSSR count). The lowest BCUT2D eigenvalue weighted by Gasteiger charge is -2.14. The van der Waals surface area contributed by atoms with E-state index < -0.39 is 0 Å². The van der Waals surface area contributed by atoms with Gasteiger partial charge in [-0.25, -0.2) is 4.98 Å². The van der Waals surface area contributed by atoms with Crippen molar-refractivity contribution < 1.29 is 0 Å². The van der Waals surface area contributed by atoms with E-state index in [1.54, 1.807) is 0 Å². The van der Waals surface area contributed by atoms with Crippen LogP contribution in [0.15, 0.2) is 156 Å². The summed E-state index contributed by atoms with van der Waals surface area (Å²) < 4.78 is 3.89. The van der Waals surface area contributed by atoms with E-state index in [2.05, 4.69) is 34.9 Å². The van der Waals surface area contributed by atoms with E-state index in [-0.39, 0.29) is 5.56 Å². The van der Waals surface area contributed by atoms with Crippen molar-refractivity contribution in [3.05, 3.63) is 162 Å². The van der Waals surface area contributed by atoms with Gasteiger partial charge in [0.15, 0.2) is 11.6 Å². The third kappa shape index (κ3) is 3.97. The number of para-hydroxylation sites is 3. The Labute approximate surface area is 263 Å². The number of aromatic nitrogens is 5. The monoisotopic (exact) mass is 591 g/mol. The molecule has 6 aromatic carbocycles. The van der Waals surface area contributed by atoms with Crippen LogP contribution in [0.4, 0.5) is 0 Å². The highest BCUT2D eigenvalue weighted by Crippen LogP contribution is 2.38. The van der Waals surface area contributed by atoms with Crippen LogP contribution < -0.4 is 5.56 Å². The maximum absolute atomic E-state index is 14.7. The molecule has 0 saturated carbocycles. The maximum atomic E-state index is 14.7. The van der Waals surface area contributed by atoms with E-state index >= 15 is 0 Å². The summed E-state index contributed by atoms with van der Waals surface area (Å²) in [7, 11) is 0. The predicted molar refractivity (Wildman–Crippen MR) is 186 cm³/mol. The third-order valence-electron chi connectivity index (χ3n) is 8.59. The normalized spacial score (nSPS) is 11.6. The van der Waals surface area contributed by atoms with Crippen molar-refractivity contribution in [3.8, 4) is 34.4 Å². The molecule has 0 saturated heterocycles. The Bertz CT molecular complexity index is 2590. The first kappa shape index (κ1) is 26.0. The lowest BCUT2D eigenvalue weighted by molar-refractivity contribution is 0.953. The minimum absolute atomic E-state index is 0.0704. The minimum Gasteiger partial charge on any atom is -0.278 e. The summed E-state index contributed by atoms with van der Waals surface area (Å²) >= 11 is 0. The van der Waals surface area contributed by atoms with Crippen LogP contribution in [0.25, 0.3) is 77.9 Å². The predicted octanol–water partition coefficient (Wildman–Crippen LogP) is 8.76. The molecular weight excluding hydrogens is 566 g/mol. The lowest BCUT2D eigenvalue weighted by Crippen LogP contribution is -2.19. The zero-order valence-electron chi connectivity index (χ0n) is 24.6. The first-order valence-electron chi connectivity index (χ1n) is 15.2. The highest BCUT2D eigenvalue weighted by molar-refractivity contribution is 6.24. The van der Waals surface area contributed by atoms with Crippen LogP contribution in [0.1, 0.15) is 0 Å². The summed E-state index contributed by atoms with van der Waals surface area (Å²) in [5.41, 5.74) is 5.17. The Balaban J connectivity index is 1.43. The molecule has 3 heterocycles. The fraction of sp³-hybridized carbons (Fsp3) is 0. The molecule has 0 aliphatic heterocycles. The average molecular weight is 592 g/mol. The van der Waals surface area contributed by atoms with Crippen molar-refractivity contribution in [1.29, 1.82) is 0 Å². The number of benzene rings is 6. The Morgan fingerprint density at radius 1 is 0.391 bits per heavy atom. The first-order valence-corrected chi connectivity index (χ1v) is 15.2. The number of fused-ring (bicyclic) bond motifs is 7. The molecule has 0 atom stereocenters. The van der Waals surface area contributed by atoms with E-state index in [1.807, 2.05) is 126 Å². The summed E-state index contributed by atoms with van der Waals surface area (Å²) in [5.74, 6) is 1.64. The van der Waals surface area contributed by atoms with Crippen LogP contribution in [0.3, 0.4) is 0 Å². The molecule has 9 aromatic rings. The van der Waals surface area contributed by atoms with Crippen molar-refractivity contribution >= 4 is 43.5 Å². The van der Waals surface area contributed by atoms with Gasteiger partial charge in [0.1, 0.15) is 0 Å². The van der Waals surface area contributed by atoms with E-state index in [4.69, 9.17) is 15.0 Å². The van der Waals surface area contributed by atoms with Crippen molar-refractivity contribution in [2.75, 3.05) is 0 Å². The fourth-order valence-electron chi connectivity index (χ4n) is 6.57. The van der Waals surface area contributed by atoms with Crippen LogP contribution >= 0.6 is 0 Å². The second-order valence-corrected chi connectivity index (χ2v) is 11.2. The van der Waals surface area contributed by atoms with E-state index in [0.29, 0.717) is 23.0 Å². The van der Waals surface area contributed by atoms with E-state index in [1.165, 1.54) is 0 Å².